The van der Waals surface area contributed by atoms with E-state index in [1.54, 1.807) is 13.2 Å². The van der Waals surface area contributed by atoms with Crippen molar-refractivity contribution in [2.75, 3.05) is 7.11 Å². The Balaban J connectivity index is 1.48. The number of methoxy groups -OCH3 is 1. The first kappa shape index (κ1) is 32.6. The average molecular weight is 684 g/mol. The zero-order valence-electron chi connectivity index (χ0n) is 23.1. The topological polar surface area (TPSA) is 166 Å². The Hall–Kier alpha value is -3.78. The van der Waals surface area contributed by atoms with Crippen molar-refractivity contribution in [1.82, 2.24) is 25.4 Å². The molecule has 2 heterocycles. The SMILES string of the molecule is COCc1ccc(-c2ccc3nc(C(c4ccc(OC(F)(F)F)cc4)S(=O)(=O)Cc4nnc(CNNS(=O)O)o4)sc3c2)cc1. The van der Waals surface area contributed by atoms with Crippen LogP contribution in [0.2, 0.25) is 0 Å². The van der Waals surface area contributed by atoms with Crippen LogP contribution in [0.5, 0.6) is 5.75 Å². The van der Waals surface area contributed by atoms with E-state index in [1.165, 1.54) is 12.1 Å². The third-order valence-electron chi connectivity index (χ3n) is 6.24. The van der Waals surface area contributed by atoms with E-state index in [0.29, 0.717) is 16.8 Å². The Morgan fingerprint density at radius 2 is 1.71 bits per heavy atom. The molecule has 0 aliphatic carbocycles. The minimum atomic E-state index is -4.92. The standard InChI is InChI=1S/C27H24F3N5O7S3/c1-40-14-16-2-4-17(5-3-16)19-8-11-21-22(12-19)43-26(32-21)25(18-6-9-20(10-7-18)42-27(28,29)30)45(38,39)15-24-34-33-23(41-24)13-31-35-44(36)37/h2-12,25,31,35H,13-15H2,1H3,(H,36,37). The van der Waals surface area contributed by atoms with Gasteiger partial charge in [-0.2, -0.15) is 4.83 Å². The van der Waals surface area contributed by atoms with Crippen LogP contribution in [0, 0.1) is 0 Å². The number of nitrogens with one attached hydrogen (secondary N) is 2. The number of sulfone groups is 1. The van der Waals surface area contributed by atoms with Crippen LogP contribution in [0.3, 0.4) is 0 Å². The van der Waals surface area contributed by atoms with Crippen LogP contribution in [-0.4, -0.2) is 45.8 Å². The van der Waals surface area contributed by atoms with Crippen LogP contribution in [0.1, 0.15) is 33.2 Å². The van der Waals surface area contributed by atoms with E-state index in [1.807, 2.05) is 41.2 Å². The highest BCUT2D eigenvalue weighted by Gasteiger charge is 2.35. The largest absolute Gasteiger partial charge is 0.573 e. The lowest BCUT2D eigenvalue weighted by Gasteiger charge is -2.16. The molecule has 12 nitrogen and oxygen atoms in total. The third kappa shape index (κ3) is 8.48. The second kappa shape index (κ2) is 13.7. The zero-order chi connectivity index (χ0) is 32.2. The Morgan fingerprint density at radius 1 is 1.02 bits per heavy atom. The summed E-state index contributed by atoms with van der Waals surface area (Å²) in [6.07, 6.45) is -4.92. The Labute approximate surface area is 260 Å². The number of benzene rings is 3. The highest BCUT2D eigenvalue weighted by Crippen LogP contribution is 2.39. The van der Waals surface area contributed by atoms with E-state index in [4.69, 9.17) is 13.7 Å². The Kier molecular flexibility index (Phi) is 9.92. The molecule has 2 atom stereocenters. The maximum atomic E-state index is 13.9. The van der Waals surface area contributed by atoms with Gasteiger partial charge in [-0.3, -0.25) is 4.55 Å². The third-order valence-corrected chi connectivity index (χ3v) is 9.65. The Morgan fingerprint density at radius 3 is 2.38 bits per heavy atom. The summed E-state index contributed by atoms with van der Waals surface area (Å²) in [4.78, 5) is 6.59. The van der Waals surface area contributed by atoms with Gasteiger partial charge in [0.05, 0.1) is 23.4 Å². The molecule has 0 saturated heterocycles. The van der Waals surface area contributed by atoms with E-state index in [9.17, 15) is 25.8 Å². The lowest BCUT2D eigenvalue weighted by atomic mass is 10.0. The van der Waals surface area contributed by atoms with E-state index in [0.717, 1.165) is 40.2 Å². The van der Waals surface area contributed by atoms with Crippen molar-refractivity contribution in [3.63, 3.8) is 0 Å². The maximum Gasteiger partial charge on any atom is 0.573 e. The molecule has 0 aliphatic rings. The minimum Gasteiger partial charge on any atom is -0.423 e. The number of halogens is 3. The van der Waals surface area contributed by atoms with Crippen molar-refractivity contribution in [1.29, 1.82) is 0 Å². The number of aromatic nitrogens is 3. The summed E-state index contributed by atoms with van der Waals surface area (Å²) in [5, 5.41) is 6.26. The normalized spacial score (nSPS) is 13.6. The molecule has 18 heteroatoms. The molecular weight excluding hydrogens is 660 g/mol. The number of thiazole rings is 1. The maximum absolute atomic E-state index is 13.9. The highest BCUT2D eigenvalue weighted by atomic mass is 32.2. The molecule has 2 unspecified atom stereocenters. The number of nitrogens with zero attached hydrogens (tertiary/aromatic N) is 3. The first-order chi connectivity index (χ1) is 21.4. The number of hydrogen-bond donors (Lipinski definition) is 3. The van der Waals surface area contributed by atoms with Crippen molar-refractivity contribution < 1.29 is 44.2 Å². The Bertz CT molecular complexity index is 1900. The van der Waals surface area contributed by atoms with E-state index < -0.39 is 44.2 Å². The lowest BCUT2D eigenvalue weighted by Crippen LogP contribution is -2.32. The van der Waals surface area contributed by atoms with Crippen molar-refractivity contribution in [3.05, 3.63) is 94.6 Å². The van der Waals surface area contributed by atoms with Gasteiger partial charge < -0.3 is 13.9 Å². The van der Waals surface area contributed by atoms with Crippen molar-refractivity contribution >= 4 is 42.7 Å². The van der Waals surface area contributed by atoms with Crippen LogP contribution in [0.15, 0.2) is 71.1 Å². The summed E-state index contributed by atoms with van der Waals surface area (Å²) >= 11 is -1.22. The van der Waals surface area contributed by atoms with Crippen molar-refractivity contribution in [3.8, 4) is 16.9 Å². The molecule has 0 aliphatic heterocycles. The van der Waals surface area contributed by atoms with E-state index in [2.05, 4.69) is 25.3 Å². The number of rotatable bonds is 13. The summed E-state index contributed by atoms with van der Waals surface area (Å²) in [5.41, 5.74) is 5.85. The summed E-state index contributed by atoms with van der Waals surface area (Å²) in [5.74, 6) is -1.57. The molecular formula is C27H24F3N5O7S3. The summed E-state index contributed by atoms with van der Waals surface area (Å²) < 4.78 is 101. The fraction of sp³-hybridized carbons (Fsp3) is 0.222. The fourth-order valence-electron chi connectivity index (χ4n) is 4.39. The number of alkyl halides is 3. The molecule has 0 fully saturated rings. The molecule has 0 radical (unpaired) electrons. The predicted octanol–water partition coefficient (Wildman–Crippen LogP) is 4.83. The van der Waals surface area contributed by atoms with Gasteiger partial charge in [-0.1, -0.05) is 42.5 Å². The monoisotopic (exact) mass is 683 g/mol. The van der Waals surface area contributed by atoms with Crippen molar-refractivity contribution in [2.24, 2.45) is 0 Å². The van der Waals surface area contributed by atoms with Gasteiger partial charge in [0.25, 0.3) is 0 Å². The number of hydrazine groups is 1. The van der Waals surface area contributed by atoms with Crippen molar-refractivity contribution in [2.45, 2.75) is 30.5 Å². The van der Waals surface area contributed by atoms with Gasteiger partial charge in [0.15, 0.2) is 9.84 Å². The first-order valence-electron chi connectivity index (χ1n) is 12.9. The molecule has 0 amide bonds. The van der Waals surface area contributed by atoms with Gasteiger partial charge in [0.1, 0.15) is 21.8 Å². The van der Waals surface area contributed by atoms with Crippen LogP contribution in [0.25, 0.3) is 21.3 Å². The minimum absolute atomic E-state index is 0.0638. The van der Waals surface area contributed by atoms with Gasteiger partial charge >= 0.3 is 6.36 Å². The fourth-order valence-corrected chi connectivity index (χ4v) is 7.74. The zero-order valence-corrected chi connectivity index (χ0v) is 25.6. The first-order valence-corrected chi connectivity index (χ1v) is 16.5. The molecule has 0 bridgehead atoms. The van der Waals surface area contributed by atoms with E-state index >= 15 is 0 Å². The smallest absolute Gasteiger partial charge is 0.423 e. The second-order valence-corrected chi connectivity index (χ2v) is 13.3. The van der Waals surface area contributed by atoms with E-state index in [-0.39, 0.29) is 28.9 Å². The quantitative estimate of drug-likeness (QED) is 0.115. The van der Waals surface area contributed by atoms with Crippen LogP contribution < -0.4 is 15.0 Å². The number of hydrogen-bond acceptors (Lipinski definition) is 11. The van der Waals surface area contributed by atoms with Gasteiger partial charge in [-0.15, -0.1) is 34.7 Å². The van der Waals surface area contributed by atoms with Crippen LogP contribution in [-0.2, 0) is 44.7 Å². The molecule has 2 aromatic heterocycles. The average Bonchev–Trinajstić information content (AvgIpc) is 3.59. The van der Waals surface area contributed by atoms with Gasteiger partial charge in [-0.05, 0) is 46.5 Å². The second-order valence-electron chi connectivity index (χ2n) is 9.46. The number of ether oxygens (including phenoxy) is 2. The molecule has 238 valence electrons. The van der Waals surface area contributed by atoms with Gasteiger partial charge in [0.2, 0.25) is 23.0 Å². The van der Waals surface area contributed by atoms with Crippen LogP contribution in [0.4, 0.5) is 13.2 Å². The highest BCUT2D eigenvalue weighted by molar-refractivity contribution is 7.91. The predicted molar refractivity (Wildman–Crippen MR) is 158 cm³/mol. The molecule has 0 saturated carbocycles. The molecule has 5 aromatic rings. The molecule has 3 aromatic carbocycles. The summed E-state index contributed by atoms with van der Waals surface area (Å²) in [7, 11) is -2.61. The van der Waals surface area contributed by atoms with Crippen LogP contribution >= 0.6 is 11.3 Å². The number of fused-ring (bicyclic) bond motifs is 1. The van der Waals surface area contributed by atoms with Gasteiger partial charge in [0, 0.05) is 7.11 Å². The van der Waals surface area contributed by atoms with Gasteiger partial charge in [-0.25, -0.2) is 23.0 Å². The molecule has 45 heavy (non-hydrogen) atoms. The molecule has 5 rings (SSSR count). The molecule has 3 N–H and O–H groups in total. The summed E-state index contributed by atoms with van der Waals surface area (Å²) in [6.45, 7) is 0.292. The summed E-state index contributed by atoms with van der Waals surface area (Å²) in [6, 6.07) is 17.8. The lowest BCUT2D eigenvalue weighted by molar-refractivity contribution is -0.274. The molecule has 0 spiro atoms.